The van der Waals surface area contributed by atoms with Crippen molar-refractivity contribution in [2.45, 2.75) is 0 Å². The van der Waals surface area contributed by atoms with Gasteiger partial charge in [-0.2, -0.15) is 0 Å². The Labute approximate surface area is 76.2 Å². The van der Waals surface area contributed by atoms with Crippen LogP contribution in [0.25, 0.3) is 16.5 Å². The van der Waals surface area contributed by atoms with E-state index in [1.54, 1.807) is 12.3 Å². The summed E-state index contributed by atoms with van der Waals surface area (Å²) < 4.78 is 0. The van der Waals surface area contributed by atoms with Crippen molar-refractivity contribution in [2.75, 3.05) is 0 Å². The first-order valence-corrected chi connectivity index (χ1v) is 3.98. The Morgan fingerprint density at radius 3 is 2.62 bits per heavy atom. The van der Waals surface area contributed by atoms with E-state index in [1.807, 2.05) is 24.3 Å². The van der Waals surface area contributed by atoms with Gasteiger partial charge in [-0.3, -0.25) is 4.98 Å². The molecule has 0 atom stereocenters. The van der Waals surface area contributed by atoms with Crippen LogP contribution in [0.3, 0.4) is 0 Å². The Kier molecular flexibility index (Phi) is 1.74. The number of pyridine rings is 1. The van der Waals surface area contributed by atoms with Crippen LogP contribution in [-0.4, -0.2) is 4.98 Å². The van der Waals surface area contributed by atoms with Crippen molar-refractivity contribution in [1.29, 1.82) is 0 Å². The van der Waals surface area contributed by atoms with Crippen molar-refractivity contribution >= 4 is 16.5 Å². The Morgan fingerprint density at radius 2 is 1.92 bits per heavy atom. The van der Waals surface area contributed by atoms with Gasteiger partial charge in [-0.25, -0.2) is 0 Å². The van der Waals surface area contributed by atoms with Crippen LogP contribution in [0.4, 0.5) is 0 Å². The van der Waals surface area contributed by atoms with Crippen LogP contribution < -0.4 is 5.11 Å². The van der Waals surface area contributed by atoms with Crippen LogP contribution in [0, 0.1) is 0 Å². The summed E-state index contributed by atoms with van der Waals surface area (Å²) in [5.74, 6) is -0.245. The van der Waals surface area contributed by atoms with Gasteiger partial charge in [-0.05, 0) is 11.5 Å². The fourth-order valence-electron chi connectivity index (χ4n) is 1.24. The highest BCUT2D eigenvalue weighted by molar-refractivity contribution is 5.83. The van der Waals surface area contributed by atoms with E-state index in [9.17, 15) is 5.11 Å². The molecule has 0 unspecified atom stereocenters. The first kappa shape index (κ1) is 7.80. The van der Waals surface area contributed by atoms with Gasteiger partial charge in [0, 0.05) is 11.6 Å². The zero-order valence-electron chi connectivity index (χ0n) is 7.03. The molecule has 0 amide bonds. The minimum absolute atomic E-state index is 0.245. The van der Waals surface area contributed by atoms with Gasteiger partial charge in [0.2, 0.25) is 0 Å². The second-order valence-electron chi connectivity index (χ2n) is 2.84. The molecule has 64 valence electrons. The second kappa shape index (κ2) is 2.90. The van der Waals surface area contributed by atoms with Crippen molar-refractivity contribution < 1.29 is 5.11 Å². The first-order chi connectivity index (χ1) is 6.27. The Morgan fingerprint density at radius 1 is 1.23 bits per heavy atom. The lowest BCUT2D eigenvalue weighted by Gasteiger charge is -2.08. The third kappa shape index (κ3) is 1.38. The van der Waals surface area contributed by atoms with Crippen molar-refractivity contribution in [1.82, 2.24) is 4.98 Å². The molecule has 0 radical (unpaired) electrons. The molecule has 0 aliphatic heterocycles. The zero-order valence-corrected chi connectivity index (χ0v) is 7.03. The number of benzene rings is 1. The average Bonchev–Trinajstić information content (AvgIpc) is 2.17. The maximum Gasteiger partial charge on any atom is 0.0551 e. The third-order valence-corrected chi connectivity index (χ3v) is 1.92. The zero-order chi connectivity index (χ0) is 9.26. The molecule has 0 bridgehead atoms. The van der Waals surface area contributed by atoms with E-state index in [-0.39, 0.29) is 5.76 Å². The Balaban J connectivity index is 2.69. The molecule has 0 spiro atoms. The largest absolute Gasteiger partial charge is 0.871 e. The normalized spacial score (nSPS) is 10.2. The van der Waals surface area contributed by atoms with Gasteiger partial charge in [0.15, 0.2) is 0 Å². The fourth-order valence-corrected chi connectivity index (χ4v) is 1.24. The topological polar surface area (TPSA) is 36.0 Å². The van der Waals surface area contributed by atoms with Crippen molar-refractivity contribution in [3.8, 4) is 0 Å². The molecule has 1 aromatic carbocycles. The number of hydrogen-bond donors (Lipinski definition) is 0. The van der Waals surface area contributed by atoms with Crippen LogP contribution in [0.1, 0.15) is 5.69 Å². The standard InChI is InChI=1S/C11H9NO/c1-8(13)11-6-9-4-2-3-5-10(9)7-12-11/h2-7,13H,1H2/p-1. The quantitative estimate of drug-likeness (QED) is 0.609. The van der Waals surface area contributed by atoms with Crippen LogP contribution in [0.15, 0.2) is 43.1 Å². The summed E-state index contributed by atoms with van der Waals surface area (Å²) in [5, 5.41) is 13.0. The summed E-state index contributed by atoms with van der Waals surface area (Å²) in [5.41, 5.74) is 0.415. The average molecular weight is 170 g/mol. The minimum Gasteiger partial charge on any atom is -0.871 e. The van der Waals surface area contributed by atoms with E-state index in [4.69, 9.17) is 0 Å². The first-order valence-electron chi connectivity index (χ1n) is 3.98. The Hall–Kier alpha value is -1.83. The SMILES string of the molecule is C=C([O-])c1cc2ccccc2cn1. The predicted octanol–water partition coefficient (Wildman–Crippen LogP) is 1.57. The molecule has 2 aromatic rings. The molecule has 2 nitrogen and oxygen atoms in total. The van der Waals surface area contributed by atoms with Crippen LogP contribution in [-0.2, 0) is 0 Å². The highest BCUT2D eigenvalue weighted by Gasteiger charge is 1.94. The minimum atomic E-state index is -0.245. The highest BCUT2D eigenvalue weighted by atomic mass is 16.3. The van der Waals surface area contributed by atoms with Gasteiger partial charge in [0.1, 0.15) is 0 Å². The van der Waals surface area contributed by atoms with Crippen molar-refractivity contribution in [2.24, 2.45) is 0 Å². The molecular weight excluding hydrogens is 162 g/mol. The van der Waals surface area contributed by atoms with Crippen LogP contribution >= 0.6 is 0 Å². The number of rotatable bonds is 1. The molecule has 13 heavy (non-hydrogen) atoms. The maximum atomic E-state index is 10.9. The van der Waals surface area contributed by atoms with Gasteiger partial charge in [-0.15, -0.1) is 6.58 Å². The molecule has 0 fully saturated rings. The molecule has 0 aliphatic rings. The third-order valence-electron chi connectivity index (χ3n) is 1.92. The summed E-state index contributed by atoms with van der Waals surface area (Å²) in [4.78, 5) is 3.99. The van der Waals surface area contributed by atoms with Gasteiger partial charge in [0.05, 0.1) is 5.69 Å². The molecule has 1 heterocycles. The molecule has 0 saturated heterocycles. The second-order valence-corrected chi connectivity index (χ2v) is 2.84. The highest BCUT2D eigenvalue weighted by Crippen LogP contribution is 2.14. The predicted molar refractivity (Wildman–Crippen MR) is 50.8 cm³/mol. The summed E-state index contributed by atoms with van der Waals surface area (Å²) >= 11 is 0. The van der Waals surface area contributed by atoms with Gasteiger partial charge < -0.3 is 5.11 Å². The fraction of sp³-hybridized carbons (Fsp3) is 0. The lowest BCUT2D eigenvalue weighted by Crippen LogP contribution is -2.01. The number of hydrogen-bond acceptors (Lipinski definition) is 2. The van der Waals surface area contributed by atoms with Crippen LogP contribution in [0.5, 0.6) is 0 Å². The number of aromatic nitrogens is 1. The smallest absolute Gasteiger partial charge is 0.0551 e. The number of fused-ring (bicyclic) bond motifs is 1. The van der Waals surface area contributed by atoms with E-state index in [0.29, 0.717) is 5.69 Å². The van der Waals surface area contributed by atoms with Crippen molar-refractivity contribution in [3.63, 3.8) is 0 Å². The molecular formula is C11H8NO-. The number of nitrogens with zero attached hydrogens (tertiary/aromatic N) is 1. The van der Waals surface area contributed by atoms with E-state index >= 15 is 0 Å². The molecule has 2 rings (SSSR count). The summed E-state index contributed by atoms with van der Waals surface area (Å²) in [6, 6.07) is 9.53. The molecule has 1 aromatic heterocycles. The van der Waals surface area contributed by atoms with E-state index < -0.39 is 0 Å². The van der Waals surface area contributed by atoms with E-state index in [2.05, 4.69) is 11.6 Å². The maximum absolute atomic E-state index is 10.9. The van der Waals surface area contributed by atoms with Gasteiger partial charge >= 0.3 is 0 Å². The summed E-state index contributed by atoms with van der Waals surface area (Å²) in [7, 11) is 0. The molecule has 2 heteroatoms. The lowest BCUT2D eigenvalue weighted by molar-refractivity contribution is -0.243. The molecule has 0 N–H and O–H groups in total. The summed E-state index contributed by atoms with van der Waals surface area (Å²) in [6.45, 7) is 3.31. The Bertz CT molecular complexity index is 462. The van der Waals surface area contributed by atoms with Crippen LogP contribution in [0.2, 0.25) is 0 Å². The monoisotopic (exact) mass is 170 g/mol. The van der Waals surface area contributed by atoms with Crippen molar-refractivity contribution in [3.05, 3.63) is 48.8 Å². The van der Waals surface area contributed by atoms with Gasteiger partial charge in [0.25, 0.3) is 0 Å². The van der Waals surface area contributed by atoms with E-state index in [0.717, 1.165) is 10.8 Å². The summed E-state index contributed by atoms with van der Waals surface area (Å²) in [6.07, 6.45) is 1.69. The lowest BCUT2D eigenvalue weighted by atomic mass is 10.1. The molecule has 0 saturated carbocycles. The van der Waals surface area contributed by atoms with E-state index in [1.165, 1.54) is 0 Å². The molecule has 0 aliphatic carbocycles. The van der Waals surface area contributed by atoms with Gasteiger partial charge in [-0.1, -0.05) is 30.0 Å².